The highest BCUT2D eigenvalue weighted by Gasteiger charge is 2.39. The van der Waals surface area contributed by atoms with Crippen LogP contribution in [0.3, 0.4) is 0 Å². The van der Waals surface area contributed by atoms with E-state index in [1.54, 1.807) is 0 Å². The molecule has 1 aromatic carbocycles. The van der Waals surface area contributed by atoms with Gasteiger partial charge < -0.3 is 21.7 Å². The number of rotatable bonds is 5. The summed E-state index contributed by atoms with van der Waals surface area (Å²) in [5, 5.41) is 2.15. The first kappa shape index (κ1) is 17.5. The monoisotopic (exact) mass is 332 g/mol. The van der Waals surface area contributed by atoms with Crippen molar-refractivity contribution >= 4 is 29.3 Å². The molecule has 0 spiro atoms. The highest BCUT2D eigenvalue weighted by Crippen LogP contribution is 2.27. The van der Waals surface area contributed by atoms with Gasteiger partial charge in [0.2, 0.25) is 23.6 Å². The van der Waals surface area contributed by atoms with Gasteiger partial charge in [0, 0.05) is 12.2 Å². The summed E-state index contributed by atoms with van der Waals surface area (Å²) in [7, 11) is 0. The van der Waals surface area contributed by atoms with E-state index in [2.05, 4.69) is 5.32 Å². The zero-order valence-electron chi connectivity index (χ0n) is 13.5. The molecule has 0 aromatic heterocycles. The lowest BCUT2D eigenvalue weighted by molar-refractivity contribution is -0.138. The predicted octanol–water partition coefficient (Wildman–Crippen LogP) is -0.888. The van der Waals surface area contributed by atoms with Gasteiger partial charge in [0.15, 0.2) is 6.04 Å². The predicted molar refractivity (Wildman–Crippen MR) is 86.7 cm³/mol. The number of nitrogens with zero attached hydrogens (tertiary/aromatic N) is 1. The van der Waals surface area contributed by atoms with Gasteiger partial charge in [-0.25, -0.2) is 0 Å². The van der Waals surface area contributed by atoms with Crippen LogP contribution in [0.1, 0.15) is 17.5 Å². The Bertz CT molecular complexity index is 682. The van der Waals surface area contributed by atoms with Gasteiger partial charge in [0.1, 0.15) is 5.92 Å². The van der Waals surface area contributed by atoms with Crippen LogP contribution in [0.25, 0.3) is 0 Å². The molecule has 1 heterocycles. The summed E-state index contributed by atoms with van der Waals surface area (Å²) in [5.41, 5.74) is 12.8. The fraction of sp³-hybridized carbons (Fsp3) is 0.375. The second-order valence-corrected chi connectivity index (χ2v) is 5.92. The van der Waals surface area contributed by atoms with E-state index in [1.807, 2.05) is 32.0 Å². The lowest BCUT2D eigenvalue weighted by Gasteiger charge is -2.19. The summed E-state index contributed by atoms with van der Waals surface area (Å²) in [4.78, 5) is 48.5. The van der Waals surface area contributed by atoms with Crippen molar-refractivity contribution in [1.82, 2.24) is 5.32 Å². The van der Waals surface area contributed by atoms with Crippen LogP contribution in [0.15, 0.2) is 18.2 Å². The average molecular weight is 332 g/mol. The number of aryl methyl sites for hydroxylation is 2. The Morgan fingerprint density at radius 3 is 2.17 bits per heavy atom. The second-order valence-electron chi connectivity index (χ2n) is 5.92. The zero-order valence-corrected chi connectivity index (χ0v) is 13.5. The minimum absolute atomic E-state index is 0.280. The Morgan fingerprint density at radius 1 is 1.12 bits per heavy atom. The lowest BCUT2D eigenvalue weighted by atomic mass is 10.1. The van der Waals surface area contributed by atoms with Crippen LogP contribution >= 0.6 is 0 Å². The summed E-state index contributed by atoms with van der Waals surface area (Å²) in [6.45, 7) is 4.22. The van der Waals surface area contributed by atoms with E-state index < -0.39 is 29.7 Å². The minimum Gasteiger partial charge on any atom is -0.367 e. The maximum Gasteiger partial charge on any atom is 0.249 e. The van der Waals surface area contributed by atoms with E-state index >= 15 is 0 Å². The molecule has 5 N–H and O–H groups in total. The number of nitrogens with one attached hydrogen (secondary N) is 1. The SMILES string of the molecule is Cc1cc(C)cc(N2CC[C@@H](C(=O)NC(C(N)=O)C(N)=O)C2=O)c1. The van der Waals surface area contributed by atoms with Crippen molar-refractivity contribution in [3.05, 3.63) is 29.3 Å². The number of carbonyl (C=O) groups is 4. The van der Waals surface area contributed by atoms with Crippen molar-refractivity contribution in [2.24, 2.45) is 17.4 Å². The van der Waals surface area contributed by atoms with Crippen molar-refractivity contribution in [3.63, 3.8) is 0 Å². The fourth-order valence-corrected chi connectivity index (χ4v) is 2.81. The van der Waals surface area contributed by atoms with Crippen LogP contribution in [0.2, 0.25) is 0 Å². The molecular formula is C16H20N4O4. The molecule has 1 saturated heterocycles. The Morgan fingerprint density at radius 2 is 1.67 bits per heavy atom. The van der Waals surface area contributed by atoms with Crippen LogP contribution in [0.4, 0.5) is 5.69 Å². The lowest BCUT2D eigenvalue weighted by Crippen LogP contribution is -2.54. The van der Waals surface area contributed by atoms with Crippen LogP contribution in [0, 0.1) is 19.8 Å². The molecule has 1 fully saturated rings. The highest BCUT2D eigenvalue weighted by molar-refractivity contribution is 6.12. The highest BCUT2D eigenvalue weighted by atomic mass is 16.2. The number of carbonyl (C=O) groups excluding carboxylic acids is 4. The summed E-state index contributed by atoms with van der Waals surface area (Å²) in [5.74, 6) is -4.22. The Balaban J connectivity index is 2.14. The standard InChI is InChI=1S/C16H20N4O4/c1-8-5-9(2)7-10(6-8)20-4-3-11(16(20)24)15(23)19-12(13(17)21)14(18)22/h5-7,11-12H,3-4H2,1-2H3,(H2,17,21)(H2,18,22)(H,19,23)/t11-/m0/s1. The molecule has 0 unspecified atom stereocenters. The van der Waals surface area contributed by atoms with Gasteiger partial charge in [-0.2, -0.15) is 0 Å². The van der Waals surface area contributed by atoms with Gasteiger partial charge in [-0.3, -0.25) is 19.2 Å². The first-order chi connectivity index (χ1) is 11.2. The molecule has 4 amide bonds. The number of amides is 4. The molecule has 2 rings (SSSR count). The third-order valence-corrected chi connectivity index (χ3v) is 3.90. The molecule has 8 nitrogen and oxygen atoms in total. The molecule has 1 atom stereocenters. The van der Waals surface area contributed by atoms with Gasteiger partial charge >= 0.3 is 0 Å². The maximum atomic E-state index is 12.5. The van der Waals surface area contributed by atoms with E-state index in [-0.39, 0.29) is 12.3 Å². The van der Waals surface area contributed by atoms with E-state index in [1.165, 1.54) is 4.90 Å². The Labute approximate surface area is 139 Å². The summed E-state index contributed by atoms with van der Waals surface area (Å²) in [6.07, 6.45) is 0.280. The van der Waals surface area contributed by atoms with Crippen LogP contribution in [-0.2, 0) is 19.2 Å². The second kappa shape index (κ2) is 6.69. The fourth-order valence-electron chi connectivity index (χ4n) is 2.81. The first-order valence-corrected chi connectivity index (χ1v) is 7.49. The molecule has 8 heteroatoms. The topological polar surface area (TPSA) is 136 Å². The van der Waals surface area contributed by atoms with Gasteiger partial charge in [-0.1, -0.05) is 6.07 Å². The number of primary amides is 2. The van der Waals surface area contributed by atoms with Crippen molar-refractivity contribution in [1.29, 1.82) is 0 Å². The minimum atomic E-state index is -1.62. The van der Waals surface area contributed by atoms with Crippen LogP contribution < -0.4 is 21.7 Å². The van der Waals surface area contributed by atoms with Gasteiger partial charge in [-0.15, -0.1) is 0 Å². The largest absolute Gasteiger partial charge is 0.367 e. The number of nitrogens with two attached hydrogens (primary N) is 2. The number of hydrogen-bond donors (Lipinski definition) is 3. The quantitative estimate of drug-likeness (QED) is 0.603. The molecule has 1 aliphatic heterocycles. The number of benzene rings is 1. The zero-order chi connectivity index (χ0) is 18.0. The van der Waals surface area contributed by atoms with Crippen LogP contribution in [0.5, 0.6) is 0 Å². The first-order valence-electron chi connectivity index (χ1n) is 7.49. The molecule has 0 radical (unpaired) electrons. The van der Waals surface area contributed by atoms with E-state index in [9.17, 15) is 19.2 Å². The third kappa shape index (κ3) is 3.53. The normalized spacial score (nSPS) is 17.2. The summed E-state index contributed by atoms with van der Waals surface area (Å²) in [6, 6.07) is 4.08. The molecular weight excluding hydrogens is 312 g/mol. The van der Waals surface area contributed by atoms with E-state index in [0.717, 1.165) is 11.1 Å². The van der Waals surface area contributed by atoms with Gasteiger partial charge in [0.25, 0.3) is 0 Å². The van der Waals surface area contributed by atoms with Crippen molar-refractivity contribution < 1.29 is 19.2 Å². The Kier molecular flexibility index (Phi) is 4.87. The molecule has 1 aromatic rings. The van der Waals surface area contributed by atoms with Crippen LogP contribution in [-0.4, -0.2) is 36.2 Å². The number of hydrogen-bond acceptors (Lipinski definition) is 4. The van der Waals surface area contributed by atoms with Crippen molar-refractivity contribution in [2.75, 3.05) is 11.4 Å². The smallest absolute Gasteiger partial charge is 0.249 e. The molecule has 0 aliphatic carbocycles. The average Bonchev–Trinajstić information content (AvgIpc) is 2.84. The van der Waals surface area contributed by atoms with E-state index in [0.29, 0.717) is 12.2 Å². The van der Waals surface area contributed by atoms with Crippen molar-refractivity contribution in [2.45, 2.75) is 26.3 Å². The number of anilines is 1. The summed E-state index contributed by atoms with van der Waals surface area (Å²) < 4.78 is 0. The van der Waals surface area contributed by atoms with Gasteiger partial charge in [-0.05, 0) is 43.5 Å². The Hall–Kier alpha value is -2.90. The van der Waals surface area contributed by atoms with Crippen molar-refractivity contribution in [3.8, 4) is 0 Å². The molecule has 128 valence electrons. The third-order valence-electron chi connectivity index (χ3n) is 3.90. The molecule has 0 bridgehead atoms. The molecule has 0 saturated carbocycles. The maximum absolute atomic E-state index is 12.5. The van der Waals surface area contributed by atoms with E-state index in [4.69, 9.17) is 11.5 Å². The van der Waals surface area contributed by atoms with Gasteiger partial charge in [0.05, 0.1) is 0 Å². The molecule has 1 aliphatic rings. The molecule has 24 heavy (non-hydrogen) atoms. The summed E-state index contributed by atoms with van der Waals surface area (Å²) >= 11 is 0.